The first-order chi connectivity index (χ1) is 7.70. The summed E-state index contributed by atoms with van der Waals surface area (Å²) < 4.78 is 4.83. The van der Waals surface area contributed by atoms with Crippen LogP contribution in [-0.2, 0) is 9.53 Å². The molecule has 1 rings (SSSR count). The lowest BCUT2D eigenvalue weighted by Gasteiger charge is -2.25. The van der Waals surface area contributed by atoms with Crippen molar-refractivity contribution >= 4 is 5.97 Å². The van der Waals surface area contributed by atoms with Crippen molar-refractivity contribution in [3.63, 3.8) is 0 Å². The normalized spacial score (nSPS) is 19.2. The topological polar surface area (TPSA) is 26.3 Å². The average molecular weight is 224 g/mol. The van der Waals surface area contributed by atoms with Crippen molar-refractivity contribution in [1.82, 2.24) is 0 Å². The third kappa shape index (κ3) is 3.36. The monoisotopic (exact) mass is 224 g/mol. The van der Waals surface area contributed by atoms with Crippen molar-refractivity contribution in [2.45, 2.75) is 58.8 Å². The van der Waals surface area contributed by atoms with Gasteiger partial charge in [0.25, 0.3) is 0 Å². The number of carbonyl (C=O) groups is 1. The van der Waals surface area contributed by atoms with E-state index in [1.807, 2.05) is 6.92 Å². The quantitative estimate of drug-likeness (QED) is 0.535. The highest BCUT2D eigenvalue weighted by Gasteiger charge is 2.21. The molecule has 0 bridgehead atoms. The standard InChI is InChI=1S/C14H24O2/c1-4-8-13(11(2)14(15)16-3)12-9-6-5-7-10-12/h12H,4-10H2,1-3H3. The van der Waals surface area contributed by atoms with E-state index in [0.717, 1.165) is 18.4 Å². The molecule has 0 atom stereocenters. The summed E-state index contributed by atoms with van der Waals surface area (Å²) in [5.41, 5.74) is 2.21. The van der Waals surface area contributed by atoms with Crippen LogP contribution >= 0.6 is 0 Å². The minimum Gasteiger partial charge on any atom is -0.466 e. The van der Waals surface area contributed by atoms with Gasteiger partial charge in [-0.25, -0.2) is 4.79 Å². The smallest absolute Gasteiger partial charge is 0.333 e. The Hall–Kier alpha value is -0.790. The van der Waals surface area contributed by atoms with Gasteiger partial charge in [-0.3, -0.25) is 0 Å². The highest BCUT2D eigenvalue weighted by Crippen LogP contribution is 2.33. The number of carbonyl (C=O) groups excluding carboxylic acids is 1. The summed E-state index contributed by atoms with van der Waals surface area (Å²) >= 11 is 0. The molecule has 0 aromatic carbocycles. The molecule has 2 heteroatoms. The lowest BCUT2D eigenvalue weighted by Crippen LogP contribution is -2.14. The largest absolute Gasteiger partial charge is 0.466 e. The second-order valence-corrected chi connectivity index (χ2v) is 4.73. The molecule has 0 N–H and O–H groups in total. The van der Waals surface area contributed by atoms with Crippen LogP contribution in [0.25, 0.3) is 0 Å². The summed E-state index contributed by atoms with van der Waals surface area (Å²) in [7, 11) is 1.47. The molecule has 1 aliphatic carbocycles. The predicted molar refractivity (Wildman–Crippen MR) is 66.2 cm³/mol. The SMILES string of the molecule is CCCC(=C(C)C(=O)OC)C1CCCCC1. The summed E-state index contributed by atoms with van der Waals surface area (Å²) in [4.78, 5) is 11.6. The molecular formula is C14H24O2. The van der Waals surface area contributed by atoms with Gasteiger partial charge >= 0.3 is 5.97 Å². The van der Waals surface area contributed by atoms with Gasteiger partial charge in [0.1, 0.15) is 0 Å². The number of allylic oxidation sites excluding steroid dienone is 1. The van der Waals surface area contributed by atoms with Crippen molar-refractivity contribution in [2.75, 3.05) is 7.11 Å². The van der Waals surface area contributed by atoms with Gasteiger partial charge in [0, 0.05) is 5.57 Å². The maximum atomic E-state index is 11.6. The second kappa shape index (κ2) is 6.72. The Labute approximate surface area is 99.1 Å². The molecule has 16 heavy (non-hydrogen) atoms. The lowest BCUT2D eigenvalue weighted by molar-refractivity contribution is -0.136. The average Bonchev–Trinajstić information content (AvgIpc) is 2.35. The molecule has 0 aliphatic heterocycles. The summed E-state index contributed by atoms with van der Waals surface area (Å²) in [6.45, 7) is 4.10. The van der Waals surface area contributed by atoms with E-state index in [1.54, 1.807) is 0 Å². The first kappa shape index (κ1) is 13.3. The zero-order valence-corrected chi connectivity index (χ0v) is 10.8. The van der Waals surface area contributed by atoms with Gasteiger partial charge in [-0.2, -0.15) is 0 Å². The molecular weight excluding hydrogens is 200 g/mol. The fraction of sp³-hybridized carbons (Fsp3) is 0.786. The van der Waals surface area contributed by atoms with Crippen LogP contribution in [0.5, 0.6) is 0 Å². The molecule has 92 valence electrons. The number of ether oxygens (including phenoxy) is 1. The van der Waals surface area contributed by atoms with Gasteiger partial charge in [-0.05, 0) is 32.1 Å². The van der Waals surface area contributed by atoms with Gasteiger partial charge in [0.2, 0.25) is 0 Å². The van der Waals surface area contributed by atoms with E-state index < -0.39 is 0 Å². The van der Waals surface area contributed by atoms with E-state index in [1.165, 1.54) is 44.8 Å². The molecule has 0 heterocycles. The summed E-state index contributed by atoms with van der Waals surface area (Å²) in [6, 6.07) is 0. The Bertz CT molecular complexity index is 260. The number of rotatable bonds is 4. The van der Waals surface area contributed by atoms with Crippen LogP contribution in [0.4, 0.5) is 0 Å². The maximum Gasteiger partial charge on any atom is 0.333 e. The molecule has 0 aromatic rings. The molecule has 0 saturated heterocycles. The molecule has 1 fully saturated rings. The third-order valence-electron chi connectivity index (χ3n) is 3.59. The molecule has 0 aromatic heterocycles. The molecule has 1 saturated carbocycles. The Balaban J connectivity index is 2.82. The molecule has 0 amide bonds. The van der Waals surface area contributed by atoms with E-state index in [9.17, 15) is 4.79 Å². The van der Waals surface area contributed by atoms with Gasteiger partial charge < -0.3 is 4.74 Å². The van der Waals surface area contributed by atoms with Crippen LogP contribution in [0.15, 0.2) is 11.1 Å². The Morgan fingerprint density at radius 3 is 2.38 bits per heavy atom. The summed E-state index contributed by atoms with van der Waals surface area (Å²) in [5.74, 6) is 0.488. The zero-order chi connectivity index (χ0) is 12.0. The highest BCUT2D eigenvalue weighted by molar-refractivity contribution is 5.88. The predicted octanol–water partition coefficient (Wildman–Crippen LogP) is 3.86. The van der Waals surface area contributed by atoms with Crippen LogP contribution in [0.2, 0.25) is 0 Å². The number of hydrogen-bond acceptors (Lipinski definition) is 2. The first-order valence-electron chi connectivity index (χ1n) is 6.48. The molecule has 0 unspecified atom stereocenters. The van der Waals surface area contributed by atoms with E-state index in [2.05, 4.69) is 6.92 Å². The fourth-order valence-electron chi connectivity index (χ4n) is 2.70. The molecule has 2 nitrogen and oxygen atoms in total. The van der Waals surface area contributed by atoms with Gasteiger partial charge in [0.05, 0.1) is 7.11 Å². The zero-order valence-electron chi connectivity index (χ0n) is 10.8. The molecule has 0 spiro atoms. The summed E-state index contributed by atoms with van der Waals surface area (Å²) in [6.07, 6.45) is 8.64. The number of methoxy groups -OCH3 is 1. The summed E-state index contributed by atoms with van der Waals surface area (Å²) in [5, 5.41) is 0. The highest BCUT2D eigenvalue weighted by atomic mass is 16.5. The molecule has 0 radical (unpaired) electrons. The number of esters is 1. The van der Waals surface area contributed by atoms with Crippen LogP contribution in [0.3, 0.4) is 0 Å². The van der Waals surface area contributed by atoms with Gasteiger partial charge in [-0.15, -0.1) is 0 Å². The minimum atomic E-state index is -0.144. The molecule has 1 aliphatic rings. The maximum absolute atomic E-state index is 11.6. The van der Waals surface area contributed by atoms with Crippen molar-refractivity contribution in [3.8, 4) is 0 Å². The van der Waals surface area contributed by atoms with Crippen LogP contribution in [0.1, 0.15) is 58.8 Å². The van der Waals surface area contributed by atoms with E-state index in [4.69, 9.17) is 4.74 Å². The van der Waals surface area contributed by atoms with Gasteiger partial charge in [-0.1, -0.05) is 38.2 Å². The lowest BCUT2D eigenvalue weighted by atomic mass is 9.80. The van der Waals surface area contributed by atoms with Crippen molar-refractivity contribution < 1.29 is 9.53 Å². The Kier molecular flexibility index (Phi) is 5.58. The second-order valence-electron chi connectivity index (χ2n) is 4.73. The van der Waals surface area contributed by atoms with E-state index >= 15 is 0 Å². The number of hydrogen-bond donors (Lipinski definition) is 0. The van der Waals surface area contributed by atoms with E-state index in [0.29, 0.717) is 5.92 Å². The Morgan fingerprint density at radius 1 is 1.25 bits per heavy atom. The Morgan fingerprint density at radius 2 is 1.88 bits per heavy atom. The van der Waals surface area contributed by atoms with Crippen molar-refractivity contribution in [3.05, 3.63) is 11.1 Å². The fourth-order valence-corrected chi connectivity index (χ4v) is 2.70. The minimum absolute atomic E-state index is 0.144. The first-order valence-corrected chi connectivity index (χ1v) is 6.48. The third-order valence-corrected chi connectivity index (χ3v) is 3.59. The van der Waals surface area contributed by atoms with Crippen LogP contribution in [0, 0.1) is 5.92 Å². The van der Waals surface area contributed by atoms with Crippen LogP contribution < -0.4 is 0 Å². The van der Waals surface area contributed by atoms with Gasteiger partial charge in [0.15, 0.2) is 0 Å². The van der Waals surface area contributed by atoms with Crippen molar-refractivity contribution in [1.29, 1.82) is 0 Å². The van der Waals surface area contributed by atoms with Crippen molar-refractivity contribution in [2.24, 2.45) is 5.92 Å². The van der Waals surface area contributed by atoms with Crippen LogP contribution in [-0.4, -0.2) is 13.1 Å². The van der Waals surface area contributed by atoms with E-state index in [-0.39, 0.29) is 5.97 Å².